The molecule has 8 heteroatoms. The molecule has 1 atom stereocenters. The van der Waals surface area contributed by atoms with Crippen LogP contribution in [0.15, 0.2) is 34.2 Å². The van der Waals surface area contributed by atoms with Crippen molar-refractivity contribution in [1.82, 2.24) is 14.5 Å². The van der Waals surface area contributed by atoms with Gasteiger partial charge in [0.25, 0.3) is 5.56 Å². The molecule has 0 radical (unpaired) electrons. The summed E-state index contributed by atoms with van der Waals surface area (Å²) < 4.78 is 1.61. The fourth-order valence-corrected chi connectivity index (χ4v) is 4.43. The van der Waals surface area contributed by atoms with Gasteiger partial charge in [-0.05, 0) is 45.2 Å². The lowest BCUT2D eigenvalue weighted by Crippen LogP contribution is -2.51. The van der Waals surface area contributed by atoms with Gasteiger partial charge in [-0.3, -0.25) is 19.0 Å². The standard InChI is InChI=1S/C19H24N4O3S/c1-12(2)23-18(26)13-7-3-4-8-14(13)21-19(23)27-11-16(24)22-10-6-5-9-15(22)17(20)25/h3-4,7-8,12,15H,5-6,9-11H2,1-2H3,(H2,20,25)/t15-/m0/s1. The minimum absolute atomic E-state index is 0.0828. The van der Waals surface area contributed by atoms with E-state index < -0.39 is 11.9 Å². The Morgan fingerprint density at radius 3 is 2.74 bits per heavy atom. The fourth-order valence-electron chi connectivity index (χ4n) is 3.42. The number of benzene rings is 1. The molecular weight excluding hydrogens is 364 g/mol. The van der Waals surface area contributed by atoms with Crippen LogP contribution < -0.4 is 11.3 Å². The number of hydrogen-bond donors (Lipinski definition) is 1. The van der Waals surface area contributed by atoms with Gasteiger partial charge in [-0.1, -0.05) is 23.9 Å². The third-order valence-electron chi connectivity index (χ3n) is 4.77. The van der Waals surface area contributed by atoms with E-state index >= 15 is 0 Å². The highest BCUT2D eigenvalue weighted by molar-refractivity contribution is 7.99. The largest absolute Gasteiger partial charge is 0.368 e. The first-order chi connectivity index (χ1) is 12.9. The third kappa shape index (κ3) is 4.00. The smallest absolute Gasteiger partial charge is 0.262 e. The Kier molecular flexibility index (Phi) is 5.84. The van der Waals surface area contributed by atoms with Gasteiger partial charge in [0.2, 0.25) is 11.8 Å². The maximum absolute atomic E-state index is 12.8. The summed E-state index contributed by atoms with van der Waals surface area (Å²) in [6.07, 6.45) is 2.37. The SMILES string of the molecule is CC(C)n1c(SCC(=O)N2CCCC[C@H]2C(N)=O)nc2ccccc2c1=O. The van der Waals surface area contributed by atoms with Crippen LogP contribution in [0, 0.1) is 0 Å². The number of carbonyl (C=O) groups excluding carboxylic acids is 2. The van der Waals surface area contributed by atoms with E-state index in [-0.39, 0.29) is 23.3 Å². The lowest BCUT2D eigenvalue weighted by atomic mass is 10.0. The molecule has 2 N–H and O–H groups in total. The van der Waals surface area contributed by atoms with Crippen molar-refractivity contribution in [1.29, 1.82) is 0 Å². The number of rotatable bonds is 5. The monoisotopic (exact) mass is 388 g/mol. The Morgan fingerprint density at radius 2 is 2.04 bits per heavy atom. The van der Waals surface area contributed by atoms with Gasteiger partial charge in [-0.25, -0.2) is 4.98 Å². The maximum Gasteiger partial charge on any atom is 0.262 e. The van der Waals surface area contributed by atoms with Crippen molar-refractivity contribution in [2.45, 2.75) is 50.4 Å². The Morgan fingerprint density at radius 1 is 1.30 bits per heavy atom. The number of piperidine rings is 1. The molecule has 1 aromatic heterocycles. The molecule has 2 amide bonds. The van der Waals surface area contributed by atoms with Crippen molar-refractivity contribution in [3.8, 4) is 0 Å². The first-order valence-corrected chi connectivity index (χ1v) is 10.1. The molecule has 1 aliphatic heterocycles. The second-order valence-corrected chi connectivity index (χ2v) is 7.91. The van der Waals surface area contributed by atoms with E-state index in [2.05, 4.69) is 4.98 Å². The molecule has 3 rings (SSSR count). The second kappa shape index (κ2) is 8.12. The van der Waals surface area contributed by atoms with Crippen LogP contribution in [0.4, 0.5) is 0 Å². The average molecular weight is 388 g/mol. The quantitative estimate of drug-likeness (QED) is 0.623. The van der Waals surface area contributed by atoms with E-state index in [1.54, 1.807) is 21.6 Å². The Hall–Kier alpha value is -2.35. The summed E-state index contributed by atoms with van der Waals surface area (Å²) in [5, 5.41) is 1.07. The van der Waals surface area contributed by atoms with Crippen molar-refractivity contribution in [2.75, 3.05) is 12.3 Å². The second-order valence-electron chi connectivity index (χ2n) is 6.97. The summed E-state index contributed by atoms with van der Waals surface area (Å²) in [6, 6.07) is 6.57. The molecule has 1 saturated heterocycles. The molecule has 0 saturated carbocycles. The van der Waals surface area contributed by atoms with Crippen LogP contribution in [-0.2, 0) is 9.59 Å². The summed E-state index contributed by atoms with van der Waals surface area (Å²) in [5.41, 5.74) is 5.95. The first kappa shape index (κ1) is 19.4. The van der Waals surface area contributed by atoms with Crippen LogP contribution in [0.5, 0.6) is 0 Å². The number of likely N-dealkylation sites (tertiary alicyclic amines) is 1. The normalized spacial score (nSPS) is 17.4. The van der Waals surface area contributed by atoms with Gasteiger partial charge in [0.05, 0.1) is 16.7 Å². The summed E-state index contributed by atoms with van der Waals surface area (Å²) in [4.78, 5) is 43.3. The topological polar surface area (TPSA) is 98.3 Å². The molecule has 0 spiro atoms. The van der Waals surface area contributed by atoms with E-state index in [4.69, 9.17) is 5.73 Å². The molecule has 0 unspecified atom stereocenters. The minimum Gasteiger partial charge on any atom is -0.368 e. The molecule has 7 nitrogen and oxygen atoms in total. The number of para-hydroxylation sites is 1. The lowest BCUT2D eigenvalue weighted by Gasteiger charge is -2.33. The molecule has 2 heterocycles. The van der Waals surface area contributed by atoms with Gasteiger partial charge < -0.3 is 10.6 Å². The van der Waals surface area contributed by atoms with Crippen LogP contribution in [0.3, 0.4) is 0 Å². The third-order valence-corrected chi connectivity index (χ3v) is 5.71. The number of amides is 2. The Balaban J connectivity index is 1.86. The zero-order chi connectivity index (χ0) is 19.6. The zero-order valence-electron chi connectivity index (χ0n) is 15.6. The van der Waals surface area contributed by atoms with Crippen molar-refractivity contribution in [3.05, 3.63) is 34.6 Å². The minimum atomic E-state index is -0.538. The van der Waals surface area contributed by atoms with Crippen LogP contribution in [0.25, 0.3) is 10.9 Å². The maximum atomic E-state index is 12.8. The number of aromatic nitrogens is 2. The van der Waals surface area contributed by atoms with Crippen molar-refractivity contribution >= 4 is 34.5 Å². The number of nitrogens with two attached hydrogens (primary N) is 1. The predicted molar refractivity (Wildman–Crippen MR) is 106 cm³/mol. The lowest BCUT2D eigenvalue weighted by molar-refractivity contribution is -0.138. The van der Waals surface area contributed by atoms with Gasteiger partial charge in [0, 0.05) is 12.6 Å². The van der Waals surface area contributed by atoms with E-state index in [1.807, 2.05) is 26.0 Å². The van der Waals surface area contributed by atoms with Gasteiger partial charge in [-0.2, -0.15) is 0 Å². The fraction of sp³-hybridized carbons (Fsp3) is 0.474. The van der Waals surface area contributed by atoms with Crippen LogP contribution in [0.1, 0.15) is 39.2 Å². The van der Waals surface area contributed by atoms with Crippen molar-refractivity contribution in [3.63, 3.8) is 0 Å². The molecule has 2 aromatic rings. The van der Waals surface area contributed by atoms with Crippen molar-refractivity contribution < 1.29 is 9.59 Å². The molecular formula is C19H24N4O3S. The van der Waals surface area contributed by atoms with Gasteiger partial charge in [0.15, 0.2) is 5.16 Å². The average Bonchev–Trinajstić information content (AvgIpc) is 2.65. The highest BCUT2D eigenvalue weighted by Crippen LogP contribution is 2.23. The molecule has 0 bridgehead atoms. The molecule has 27 heavy (non-hydrogen) atoms. The predicted octanol–water partition coefficient (Wildman–Crippen LogP) is 1.94. The molecule has 0 aliphatic carbocycles. The molecule has 144 valence electrons. The summed E-state index contributed by atoms with van der Waals surface area (Å²) in [6.45, 7) is 4.37. The van der Waals surface area contributed by atoms with Crippen LogP contribution in [-0.4, -0.2) is 44.6 Å². The van der Waals surface area contributed by atoms with Crippen LogP contribution in [0.2, 0.25) is 0 Å². The summed E-state index contributed by atoms with van der Waals surface area (Å²) in [7, 11) is 0. The molecule has 1 fully saturated rings. The Bertz CT molecular complexity index is 925. The van der Waals surface area contributed by atoms with Crippen molar-refractivity contribution in [2.24, 2.45) is 5.73 Å². The van der Waals surface area contributed by atoms with Crippen LogP contribution >= 0.6 is 11.8 Å². The number of carbonyl (C=O) groups is 2. The van der Waals surface area contributed by atoms with E-state index in [0.29, 0.717) is 29.0 Å². The van der Waals surface area contributed by atoms with Gasteiger partial charge in [-0.15, -0.1) is 0 Å². The van der Waals surface area contributed by atoms with Gasteiger partial charge >= 0.3 is 0 Å². The van der Waals surface area contributed by atoms with E-state index in [9.17, 15) is 14.4 Å². The number of fused-ring (bicyclic) bond motifs is 1. The van der Waals surface area contributed by atoms with E-state index in [0.717, 1.165) is 12.8 Å². The number of hydrogen-bond acceptors (Lipinski definition) is 5. The molecule has 1 aliphatic rings. The van der Waals surface area contributed by atoms with E-state index in [1.165, 1.54) is 11.8 Å². The first-order valence-electron chi connectivity index (χ1n) is 9.13. The summed E-state index contributed by atoms with van der Waals surface area (Å²) >= 11 is 1.23. The highest BCUT2D eigenvalue weighted by atomic mass is 32.2. The highest BCUT2D eigenvalue weighted by Gasteiger charge is 2.30. The van der Waals surface area contributed by atoms with Gasteiger partial charge in [0.1, 0.15) is 6.04 Å². The summed E-state index contributed by atoms with van der Waals surface area (Å²) in [5.74, 6) is -0.501. The number of primary amides is 1. The zero-order valence-corrected chi connectivity index (χ0v) is 16.4. The number of thioether (sulfide) groups is 1. The Labute approximate surface area is 161 Å². The number of nitrogens with zero attached hydrogens (tertiary/aromatic N) is 3. The molecule has 1 aromatic carbocycles.